The number of carbonyl (C=O) groups is 1. The minimum atomic E-state index is -4.10. The van der Waals surface area contributed by atoms with Gasteiger partial charge in [0.25, 0.3) is 15.9 Å². The zero-order valence-electron chi connectivity index (χ0n) is 22.2. The first-order valence-electron chi connectivity index (χ1n) is 13.7. The van der Waals surface area contributed by atoms with E-state index in [4.69, 9.17) is 11.6 Å². The van der Waals surface area contributed by atoms with Gasteiger partial charge >= 0.3 is 0 Å². The van der Waals surface area contributed by atoms with Crippen molar-refractivity contribution in [2.75, 3.05) is 22.4 Å². The van der Waals surface area contributed by atoms with Crippen LogP contribution < -0.4 is 9.62 Å². The predicted molar refractivity (Wildman–Crippen MR) is 156 cm³/mol. The molecule has 1 atom stereocenters. The molecule has 3 aromatic carbocycles. The van der Waals surface area contributed by atoms with E-state index in [1.807, 2.05) is 18.2 Å². The summed E-state index contributed by atoms with van der Waals surface area (Å²) >= 11 is 6.24. The first kappa shape index (κ1) is 28.2. The number of sulfonamides is 1. The first-order chi connectivity index (χ1) is 19.5. The second-order valence-corrected chi connectivity index (χ2v) is 15.7. The van der Waals surface area contributed by atoms with Gasteiger partial charge in [-0.2, -0.15) is 0 Å². The maximum atomic E-state index is 14.1. The summed E-state index contributed by atoms with van der Waals surface area (Å²) < 4.78 is 68.4. The molecule has 2 heterocycles. The fourth-order valence-corrected chi connectivity index (χ4v) is 10.0. The van der Waals surface area contributed by atoms with Crippen LogP contribution in [0.25, 0.3) is 0 Å². The lowest BCUT2D eigenvalue weighted by Crippen LogP contribution is -2.52. The van der Waals surface area contributed by atoms with Gasteiger partial charge < -0.3 is 5.32 Å². The molecule has 1 aliphatic carbocycles. The number of nitrogens with zero attached hydrogens (tertiary/aromatic N) is 1. The van der Waals surface area contributed by atoms with Crippen molar-refractivity contribution in [2.24, 2.45) is 5.92 Å². The lowest BCUT2D eigenvalue weighted by atomic mass is 9.70. The molecule has 1 saturated carbocycles. The van der Waals surface area contributed by atoms with Crippen molar-refractivity contribution in [1.82, 2.24) is 5.32 Å². The van der Waals surface area contributed by atoms with Crippen LogP contribution in [-0.2, 0) is 31.7 Å². The van der Waals surface area contributed by atoms with Crippen LogP contribution in [0.15, 0.2) is 71.6 Å². The van der Waals surface area contributed by atoms with E-state index in [1.54, 1.807) is 24.3 Å². The normalized spacial score (nSPS) is 21.0. The van der Waals surface area contributed by atoms with Crippen LogP contribution in [-0.4, -0.2) is 46.8 Å². The average molecular weight is 617 g/mol. The Morgan fingerprint density at radius 3 is 2.37 bits per heavy atom. The zero-order valence-corrected chi connectivity index (χ0v) is 24.6. The number of hydrogen-bond acceptors (Lipinski definition) is 5. The van der Waals surface area contributed by atoms with Crippen molar-refractivity contribution in [3.8, 4) is 0 Å². The van der Waals surface area contributed by atoms with Gasteiger partial charge in [-0.15, -0.1) is 0 Å². The fourth-order valence-electron chi connectivity index (χ4n) is 6.44. The number of hydrogen-bond donors (Lipinski definition) is 1. The third-order valence-corrected chi connectivity index (χ3v) is 12.5. The van der Waals surface area contributed by atoms with E-state index < -0.39 is 37.1 Å². The lowest BCUT2D eigenvalue weighted by Gasteiger charge is -2.41. The lowest BCUT2D eigenvalue weighted by molar-refractivity contribution is 0.0954. The van der Waals surface area contributed by atoms with E-state index in [0.29, 0.717) is 34.8 Å². The molecule has 216 valence electrons. The molecule has 6 rings (SSSR count). The minimum absolute atomic E-state index is 0.0302. The average Bonchev–Trinajstić information content (AvgIpc) is 3.74. The molecular weight excluding hydrogens is 587 g/mol. The Bertz CT molecular complexity index is 1710. The van der Waals surface area contributed by atoms with Crippen molar-refractivity contribution >= 4 is 43.1 Å². The maximum absolute atomic E-state index is 14.1. The number of carbonyl (C=O) groups excluding carboxylic acids is 1. The van der Waals surface area contributed by atoms with Gasteiger partial charge in [-0.25, -0.2) is 21.2 Å². The number of sulfone groups is 1. The molecule has 41 heavy (non-hydrogen) atoms. The third-order valence-electron chi connectivity index (χ3n) is 8.65. The highest BCUT2D eigenvalue weighted by Gasteiger charge is 2.60. The summed E-state index contributed by atoms with van der Waals surface area (Å²) in [6.45, 7) is 0.360. The van der Waals surface area contributed by atoms with Gasteiger partial charge in [-0.05, 0) is 97.7 Å². The largest absolute Gasteiger partial charge is 0.352 e. The van der Waals surface area contributed by atoms with Crippen molar-refractivity contribution in [2.45, 2.75) is 48.5 Å². The Morgan fingerprint density at radius 1 is 1.02 bits per heavy atom. The number of benzene rings is 3. The monoisotopic (exact) mass is 616 g/mol. The molecule has 0 bridgehead atoms. The van der Waals surface area contributed by atoms with Crippen LogP contribution in [0.4, 0.5) is 10.1 Å². The molecule has 2 aliphatic heterocycles. The van der Waals surface area contributed by atoms with Gasteiger partial charge in [0.15, 0.2) is 0 Å². The standard InChI is InChI=1S/C30H30ClFN2O5S2/c31-26-4-2-1-3-20(26)13-16-33-29(35)22-7-12-27-25(19-22)30(14-17-40(36,37)18-15-30)28(21-5-6-21)34(27)41(38,39)24-10-8-23(32)9-11-24/h1-4,7-12,19,21,28H,5-6,13-18H2,(H,33,35). The van der Waals surface area contributed by atoms with Crippen molar-refractivity contribution in [1.29, 1.82) is 0 Å². The molecule has 0 radical (unpaired) electrons. The van der Waals surface area contributed by atoms with Crippen LogP contribution in [0.1, 0.15) is 47.2 Å². The Morgan fingerprint density at radius 2 is 1.71 bits per heavy atom. The molecule has 1 N–H and O–H groups in total. The molecule has 0 aromatic heterocycles. The molecule has 2 fully saturated rings. The molecule has 3 aromatic rings. The molecule has 3 aliphatic rings. The molecule has 11 heteroatoms. The van der Waals surface area contributed by atoms with E-state index >= 15 is 0 Å². The van der Waals surface area contributed by atoms with Crippen LogP contribution in [0.2, 0.25) is 5.02 Å². The van der Waals surface area contributed by atoms with Gasteiger partial charge in [0.05, 0.1) is 28.1 Å². The molecule has 7 nitrogen and oxygen atoms in total. The van der Waals surface area contributed by atoms with Gasteiger partial charge in [0.1, 0.15) is 15.7 Å². The molecule has 1 spiro atoms. The van der Waals surface area contributed by atoms with Crippen LogP contribution >= 0.6 is 11.6 Å². The van der Waals surface area contributed by atoms with E-state index in [0.717, 1.165) is 30.5 Å². The van der Waals surface area contributed by atoms with Gasteiger partial charge in [-0.1, -0.05) is 29.8 Å². The third kappa shape index (κ3) is 5.15. The van der Waals surface area contributed by atoms with E-state index in [9.17, 15) is 26.0 Å². The molecule has 1 saturated heterocycles. The van der Waals surface area contributed by atoms with Crippen molar-refractivity contribution in [3.05, 3.63) is 94.3 Å². The summed E-state index contributed by atoms with van der Waals surface area (Å²) in [4.78, 5) is 13.2. The summed E-state index contributed by atoms with van der Waals surface area (Å²) in [5.41, 5.74) is 1.70. The summed E-state index contributed by atoms with van der Waals surface area (Å²) in [6.07, 6.45) is 2.76. The zero-order chi connectivity index (χ0) is 29.0. The predicted octanol–water partition coefficient (Wildman–Crippen LogP) is 4.89. The Hall–Kier alpha value is -2.95. The quantitative estimate of drug-likeness (QED) is 0.408. The van der Waals surface area contributed by atoms with Gasteiger partial charge in [0, 0.05) is 22.5 Å². The SMILES string of the molecule is O=C(NCCc1ccccc1Cl)c1ccc2c(c1)C1(CCS(=O)(=O)CC1)C(C1CC1)N2S(=O)(=O)c1ccc(F)cc1. The number of rotatable bonds is 7. The van der Waals surface area contributed by atoms with Crippen LogP contribution in [0.3, 0.4) is 0 Å². The van der Waals surface area contributed by atoms with Gasteiger partial charge in [-0.3, -0.25) is 9.10 Å². The van der Waals surface area contributed by atoms with Gasteiger partial charge in [0.2, 0.25) is 0 Å². The highest BCUT2D eigenvalue weighted by Crippen LogP contribution is 2.59. The number of amides is 1. The topological polar surface area (TPSA) is 101 Å². The summed E-state index contributed by atoms with van der Waals surface area (Å²) in [5, 5.41) is 3.56. The molecule has 1 unspecified atom stereocenters. The van der Waals surface area contributed by atoms with E-state index in [1.165, 1.54) is 16.4 Å². The Kier molecular flexibility index (Phi) is 7.15. The van der Waals surface area contributed by atoms with E-state index in [-0.39, 0.29) is 41.1 Å². The number of anilines is 1. The van der Waals surface area contributed by atoms with Crippen molar-refractivity contribution < 1.29 is 26.0 Å². The molecule has 1 amide bonds. The maximum Gasteiger partial charge on any atom is 0.264 e. The van der Waals surface area contributed by atoms with E-state index in [2.05, 4.69) is 5.32 Å². The second-order valence-electron chi connectivity index (χ2n) is 11.2. The minimum Gasteiger partial charge on any atom is -0.352 e. The summed E-state index contributed by atoms with van der Waals surface area (Å²) in [5.74, 6) is -0.876. The number of halogens is 2. The second kappa shape index (κ2) is 10.4. The van der Waals surface area contributed by atoms with Crippen LogP contribution in [0, 0.1) is 11.7 Å². The smallest absolute Gasteiger partial charge is 0.264 e. The van der Waals surface area contributed by atoms with Crippen LogP contribution in [0.5, 0.6) is 0 Å². The first-order valence-corrected chi connectivity index (χ1v) is 17.3. The Balaban J connectivity index is 1.38. The summed E-state index contributed by atoms with van der Waals surface area (Å²) in [7, 11) is -7.36. The number of nitrogens with one attached hydrogen (secondary N) is 1. The Labute approximate surface area is 244 Å². The summed E-state index contributed by atoms with van der Waals surface area (Å²) in [6, 6.07) is 16.7. The van der Waals surface area contributed by atoms with Crippen molar-refractivity contribution in [3.63, 3.8) is 0 Å². The number of fused-ring (bicyclic) bond motifs is 2. The highest BCUT2D eigenvalue weighted by atomic mass is 35.5. The highest BCUT2D eigenvalue weighted by molar-refractivity contribution is 7.93. The fraction of sp³-hybridized carbons (Fsp3) is 0.367. The molecular formula is C30H30ClFN2O5S2.